The summed E-state index contributed by atoms with van der Waals surface area (Å²) in [5.74, 6) is 2.12. The number of allylic oxidation sites excluding steroid dienone is 4. The van der Waals surface area contributed by atoms with E-state index in [1.165, 1.54) is 4.22 Å². The highest BCUT2D eigenvalue weighted by molar-refractivity contribution is 9.16. The lowest BCUT2D eigenvalue weighted by molar-refractivity contribution is 1.90. The second-order valence-electron chi connectivity index (χ2n) is 1.65. The van der Waals surface area contributed by atoms with Gasteiger partial charge in [0.05, 0.1) is 0 Å². The molecule has 0 aromatic rings. The Bertz CT molecular complexity index is 222. The van der Waals surface area contributed by atoms with Gasteiger partial charge in [0.25, 0.3) is 0 Å². The molecular formula is C6H4Br3P. The number of rotatable bonds is 0. The lowest BCUT2D eigenvalue weighted by Crippen LogP contribution is -1.68. The van der Waals surface area contributed by atoms with Gasteiger partial charge in [0.2, 0.25) is 0 Å². The van der Waals surface area contributed by atoms with Crippen molar-refractivity contribution in [2.45, 2.75) is 0 Å². The van der Waals surface area contributed by atoms with E-state index in [9.17, 15) is 0 Å². The van der Waals surface area contributed by atoms with E-state index >= 15 is 0 Å². The van der Waals surface area contributed by atoms with Crippen LogP contribution in [0.1, 0.15) is 0 Å². The topological polar surface area (TPSA) is 0 Å². The molecular weight excluding hydrogens is 343 g/mol. The summed E-state index contributed by atoms with van der Waals surface area (Å²) in [5.41, 5.74) is 0. The molecule has 0 fully saturated rings. The van der Waals surface area contributed by atoms with E-state index in [1.54, 1.807) is 0 Å². The van der Waals surface area contributed by atoms with Crippen molar-refractivity contribution >= 4 is 56.4 Å². The first-order valence-electron chi connectivity index (χ1n) is 2.56. The number of halogens is 3. The van der Waals surface area contributed by atoms with Crippen molar-refractivity contribution in [3.05, 3.63) is 31.2 Å². The van der Waals surface area contributed by atoms with Gasteiger partial charge in [-0.25, -0.2) is 0 Å². The molecule has 1 aliphatic rings. The monoisotopic (exact) mass is 344 g/mol. The van der Waals surface area contributed by atoms with Crippen molar-refractivity contribution in [1.82, 2.24) is 0 Å². The molecule has 0 amide bonds. The maximum Gasteiger partial charge on any atom is 0.0464 e. The molecule has 1 unspecified atom stereocenters. The molecule has 0 aromatic heterocycles. The van der Waals surface area contributed by atoms with Crippen molar-refractivity contribution in [1.29, 1.82) is 0 Å². The zero-order valence-corrected chi connectivity index (χ0v) is 10.6. The van der Waals surface area contributed by atoms with Gasteiger partial charge in [-0.3, -0.25) is 0 Å². The quantitative estimate of drug-likeness (QED) is 0.569. The third kappa shape index (κ3) is 2.30. The molecule has 0 nitrogen and oxygen atoms in total. The minimum absolute atomic E-state index is 0.722. The molecule has 4 heteroatoms. The molecule has 0 aliphatic carbocycles. The van der Waals surface area contributed by atoms with Gasteiger partial charge < -0.3 is 0 Å². The fraction of sp³-hybridized carbons (Fsp3) is 0. The summed E-state index contributed by atoms with van der Waals surface area (Å²) in [7, 11) is 0.722. The molecule has 0 saturated carbocycles. The highest BCUT2D eigenvalue weighted by atomic mass is 79.9. The molecule has 0 bridgehead atoms. The fourth-order valence-electron chi connectivity index (χ4n) is 0.495. The molecule has 1 heterocycles. The number of hydrogen-bond acceptors (Lipinski definition) is 0. The molecule has 1 rings (SSSR count). The summed E-state index contributed by atoms with van der Waals surface area (Å²) in [4.78, 5) is 0. The zero-order chi connectivity index (χ0) is 7.56. The normalized spacial score (nSPS) is 21.3. The number of hydrogen-bond donors (Lipinski definition) is 0. The second-order valence-corrected chi connectivity index (χ2v) is 5.94. The van der Waals surface area contributed by atoms with E-state index in [1.807, 2.05) is 12.2 Å². The maximum atomic E-state index is 3.47. The van der Waals surface area contributed by atoms with Crippen LogP contribution in [0.5, 0.6) is 0 Å². The first-order valence-corrected chi connectivity index (χ1v) is 6.02. The van der Waals surface area contributed by atoms with Gasteiger partial charge in [-0.1, -0.05) is 20.5 Å². The van der Waals surface area contributed by atoms with Crippen LogP contribution in [0, 0.1) is 0 Å². The molecule has 0 saturated heterocycles. The Labute approximate surface area is 87.0 Å². The van der Waals surface area contributed by atoms with Crippen LogP contribution in [0.3, 0.4) is 0 Å². The van der Waals surface area contributed by atoms with Crippen LogP contribution in [0.4, 0.5) is 0 Å². The van der Waals surface area contributed by atoms with Crippen molar-refractivity contribution in [3.63, 3.8) is 0 Å². The minimum atomic E-state index is 0.722. The second kappa shape index (κ2) is 4.20. The average molecular weight is 347 g/mol. The van der Waals surface area contributed by atoms with E-state index in [4.69, 9.17) is 0 Å². The lowest BCUT2D eigenvalue weighted by Gasteiger charge is -1.96. The average Bonchev–Trinajstić information content (AvgIpc) is 2.04. The standard InChI is InChI=1S/C6H4Br3P/c7-4-2-1-3-10-6(9)5(4)8/h1-3,10H. The molecule has 1 atom stereocenters. The first kappa shape index (κ1) is 9.18. The summed E-state index contributed by atoms with van der Waals surface area (Å²) < 4.78 is 3.39. The van der Waals surface area contributed by atoms with Gasteiger partial charge in [-0.15, -0.1) is 0 Å². The van der Waals surface area contributed by atoms with Crippen LogP contribution >= 0.6 is 56.4 Å². The summed E-state index contributed by atoms with van der Waals surface area (Å²) in [6.07, 6.45) is 4.06. The van der Waals surface area contributed by atoms with E-state index < -0.39 is 0 Å². The molecule has 10 heavy (non-hydrogen) atoms. The third-order valence-corrected chi connectivity index (χ3v) is 5.81. The van der Waals surface area contributed by atoms with Crippen molar-refractivity contribution in [3.8, 4) is 0 Å². The van der Waals surface area contributed by atoms with Gasteiger partial charge in [-0.05, 0) is 53.9 Å². The SMILES string of the molecule is BrC1=CC=CPC(Br)=C1Br. The van der Waals surface area contributed by atoms with Crippen molar-refractivity contribution in [2.24, 2.45) is 0 Å². The Morgan fingerprint density at radius 3 is 2.60 bits per heavy atom. The minimum Gasteiger partial charge on any atom is -0.0605 e. The van der Waals surface area contributed by atoms with Crippen LogP contribution in [-0.2, 0) is 0 Å². The van der Waals surface area contributed by atoms with E-state index in [0.717, 1.165) is 17.5 Å². The van der Waals surface area contributed by atoms with E-state index in [2.05, 4.69) is 53.6 Å². The summed E-state index contributed by atoms with van der Waals surface area (Å²) in [6.45, 7) is 0. The molecule has 54 valence electrons. The smallest absolute Gasteiger partial charge is 0.0464 e. The van der Waals surface area contributed by atoms with Crippen LogP contribution < -0.4 is 0 Å². The lowest BCUT2D eigenvalue weighted by atomic mass is 10.5. The van der Waals surface area contributed by atoms with Crippen LogP contribution in [0.25, 0.3) is 0 Å². The van der Waals surface area contributed by atoms with Crippen LogP contribution in [0.15, 0.2) is 31.2 Å². The van der Waals surface area contributed by atoms with Crippen LogP contribution in [0.2, 0.25) is 0 Å². The summed E-state index contributed by atoms with van der Waals surface area (Å²) >= 11 is 10.3. The fourth-order valence-corrected chi connectivity index (χ4v) is 2.98. The van der Waals surface area contributed by atoms with E-state index in [-0.39, 0.29) is 0 Å². The first-order chi connectivity index (χ1) is 4.72. The molecule has 0 radical (unpaired) electrons. The van der Waals surface area contributed by atoms with Gasteiger partial charge in [0.15, 0.2) is 0 Å². The Balaban J connectivity index is 3.00. The van der Waals surface area contributed by atoms with Crippen molar-refractivity contribution in [2.75, 3.05) is 0 Å². The third-order valence-electron chi connectivity index (χ3n) is 0.951. The zero-order valence-electron chi connectivity index (χ0n) is 4.87. The van der Waals surface area contributed by atoms with Gasteiger partial charge in [0.1, 0.15) is 0 Å². The molecule has 0 spiro atoms. The Hall–Kier alpha value is 1.09. The Morgan fingerprint density at radius 2 is 1.90 bits per heavy atom. The predicted molar refractivity (Wildman–Crippen MR) is 59.3 cm³/mol. The Kier molecular flexibility index (Phi) is 3.86. The molecule has 1 aliphatic heterocycles. The van der Waals surface area contributed by atoms with Crippen LogP contribution in [-0.4, -0.2) is 0 Å². The summed E-state index contributed by atoms with van der Waals surface area (Å²) in [6, 6.07) is 0. The van der Waals surface area contributed by atoms with Gasteiger partial charge >= 0.3 is 0 Å². The Morgan fingerprint density at radius 1 is 1.20 bits per heavy atom. The highest BCUT2D eigenvalue weighted by Gasteiger charge is 2.04. The largest absolute Gasteiger partial charge is 0.0605 e. The maximum absolute atomic E-state index is 3.47. The predicted octanol–water partition coefficient (Wildman–Crippen LogP) is 4.43. The van der Waals surface area contributed by atoms with Gasteiger partial charge in [0, 0.05) is 13.2 Å². The van der Waals surface area contributed by atoms with Crippen molar-refractivity contribution < 1.29 is 0 Å². The highest BCUT2D eigenvalue weighted by Crippen LogP contribution is 2.42. The van der Waals surface area contributed by atoms with E-state index in [0.29, 0.717) is 0 Å². The summed E-state index contributed by atoms with van der Waals surface area (Å²) in [5, 5.41) is 0. The van der Waals surface area contributed by atoms with Gasteiger partial charge in [-0.2, -0.15) is 0 Å². The molecule has 0 N–H and O–H groups in total. The molecule has 0 aromatic carbocycles.